The predicted molar refractivity (Wildman–Crippen MR) is 108 cm³/mol. The number of hydrogen-bond acceptors (Lipinski definition) is 4. The number of nitrogens with zero attached hydrogens (tertiary/aromatic N) is 1. The van der Waals surface area contributed by atoms with Crippen molar-refractivity contribution in [1.29, 1.82) is 0 Å². The Labute approximate surface area is 164 Å². The van der Waals surface area contributed by atoms with Gasteiger partial charge in [0.15, 0.2) is 0 Å². The molecule has 0 saturated carbocycles. The van der Waals surface area contributed by atoms with Gasteiger partial charge in [-0.15, -0.1) is 0 Å². The Bertz CT molecular complexity index is 774. The Morgan fingerprint density at radius 3 is 2.36 bits per heavy atom. The van der Waals surface area contributed by atoms with Crippen molar-refractivity contribution in [1.82, 2.24) is 10.3 Å². The molecular formula is C21H26N4O3. The summed E-state index contributed by atoms with van der Waals surface area (Å²) < 4.78 is 5.43. The fourth-order valence-electron chi connectivity index (χ4n) is 3.25. The number of amides is 3. The molecule has 148 valence electrons. The summed E-state index contributed by atoms with van der Waals surface area (Å²) >= 11 is 0. The van der Waals surface area contributed by atoms with E-state index in [2.05, 4.69) is 10.7 Å². The molecule has 0 bridgehead atoms. The van der Waals surface area contributed by atoms with Crippen LogP contribution in [0.5, 0.6) is 0 Å². The van der Waals surface area contributed by atoms with E-state index in [9.17, 15) is 9.59 Å². The molecule has 1 fully saturated rings. The normalized spacial score (nSPS) is 14.3. The molecule has 2 aromatic carbocycles. The Morgan fingerprint density at radius 1 is 1.04 bits per heavy atom. The topological polar surface area (TPSA) is 96.7 Å². The van der Waals surface area contributed by atoms with Gasteiger partial charge in [0.1, 0.15) is 0 Å². The smallest absolute Gasteiger partial charge is 0.322 e. The van der Waals surface area contributed by atoms with Crippen LogP contribution in [0.15, 0.2) is 54.6 Å². The first-order valence-corrected chi connectivity index (χ1v) is 9.44. The second-order valence-electron chi connectivity index (χ2n) is 6.90. The van der Waals surface area contributed by atoms with Gasteiger partial charge in [0.2, 0.25) is 0 Å². The van der Waals surface area contributed by atoms with Crippen molar-refractivity contribution in [2.75, 3.05) is 25.1 Å². The molecule has 1 aliphatic heterocycles. The minimum atomic E-state index is -0.340. The van der Waals surface area contributed by atoms with Crippen LogP contribution in [0.25, 0.3) is 0 Å². The van der Waals surface area contributed by atoms with E-state index in [0.29, 0.717) is 24.6 Å². The van der Waals surface area contributed by atoms with Crippen molar-refractivity contribution < 1.29 is 14.3 Å². The van der Waals surface area contributed by atoms with E-state index in [1.807, 2.05) is 47.4 Å². The summed E-state index contributed by atoms with van der Waals surface area (Å²) in [4.78, 5) is 26.3. The molecular weight excluding hydrogens is 356 g/mol. The molecule has 1 aliphatic rings. The zero-order valence-electron chi connectivity index (χ0n) is 15.8. The van der Waals surface area contributed by atoms with Crippen LogP contribution < -0.4 is 16.6 Å². The number of anilines is 1. The van der Waals surface area contributed by atoms with Gasteiger partial charge in [-0.3, -0.25) is 10.2 Å². The van der Waals surface area contributed by atoms with E-state index in [1.165, 1.54) is 0 Å². The highest BCUT2D eigenvalue weighted by Crippen LogP contribution is 2.19. The molecule has 28 heavy (non-hydrogen) atoms. The lowest BCUT2D eigenvalue weighted by atomic mass is 9.99. The Morgan fingerprint density at radius 2 is 1.71 bits per heavy atom. The second kappa shape index (κ2) is 9.87. The number of nitrogens with two attached hydrogens (primary N) is 1. The number of hydrogen-bond donors (Lipinski definition) is 3. The highest BCUT2D eigenvalue weighted by atomic mass is 16.5. The number of para-hydroxylation sites is 1. The van der Waals surface area contributed by atoms with Crippen LogP contribution in [0.2, 0.25) is 0 Å². The van der Waals surface area contributed by atoms with Crippen LogP contribution in [-0.4, -0.2) is 36.6 Å². The average molecular weight is 382 g/mol. The summed E-state index contributed by atoms with van der Waals surface area (Å²) in [5.41, 5.74) is 4.31. The Kier molecular flexibility index (Phi) is 7.00. The van der Waals surface area contributed by atoms with Crippen LogP contribution in [-0.2, 0) is 11.3 Å². The summed E-state index contributed by atoms with van der Waals surface area (Å²) in [6.45, 7) is 2.59. The van der Waals surface area contributed by atoms with Crippen molar-refractivity contribution in [3.8, 4) is 0 Å². The Balaban J connectivity index is 1.71. The summed E-state index contributed by atoms with van der Waals surface area (Å²) in [6, 6.07) is 16.4. The minimum absolute atomic E-state index is 0.138. The monoisotopic (exact) mass is 382 g/mol. The van der Waals surface area contributed by atoms with Gasteiger partial charge < -0.3 is 15.0 Å². The molecule has 1 heterocycles. The predicted octanol–water partition coefficient (Wildman–Crippen LogP) is 2.75. The molecule has 3 amide bonds. The Hall–Kier alpha value is -2.90. The highest BCUT2D eigenvalue weighted by Gasteiger charge is 2.22. The molecule has 7 heteroatoms. The third-order valence-electron chi connectivity index (χ3n) is 4.85. The maximum Gasteiger partial charge on any atom is 0.322 e. The van der Waals surface area contributed by atoms with Crippen LogP contribution in [0.1, 0.15) is 28.8 Å². The number of benzene rings is 2. The van der Waals surface area contributed by atoms with E-state index in [-0.39, 0.29) is 11.9 Å². The summed E-state index contributed by atoms with van der Waals surface area (Å²) in [5.74, 6) is 5.24. The quantitative estimate of drug-likeness (QED) is 0.407. The zero-order chi connectivity index (χ0) is 19.8. The van der Waals surface area contributed by atoms with E-state index in [0.717, 1.165) is 37.3 Å². The first-order chi connectivity index (χ1) is 13.7. The first kappa shape index (κ1) is 19.9. The number of carbonyl (C=O) groups excluding carboxylic acids is 2. The molecule has 4 N–H and O–H groups in total. The molecule has 0 atom stereocenters. The van der Waals surface area contributed by atoms with Gasteiger partial charge in [0, 0.05) is 37.6 Å². The van der Waals surface area contributed by atoms with Gasteiger partial charge in [-0.25, -0.2) is 10.6 Å². The van der Waals surface area contributed by atoms with Gasteiger partial charge in [-0.2, -0.15) is 0 Å². The maximum absolute atomic E-state index is 12.9. The van der Waals surface area contributed by atoms with Crippen molar-refractivity contribution in [2.24, 2.45) is 11.8 Å². The molecule has 1 saturated heterocycles. The summed E-state index contributed by atoms with van der Waals surface area (Å²) in [5, 5.41) is 2.97. The van der Waals surface area contributed by atoms with E-state index in [4.69, 9.17) is 10.6 Å². The standard InChI is InChI=1S/C21H26N4O3/c22-24-20(26)18-8-6-16(7-9-18)14-25(15-17-10-12-28-13-11-17)21(27)23-19-4-2-1-3-5-19/h1-9,17H,10-15,22H2,(H,23,27)(H,24,26). The number of nitrogens with one attached hydrogen (secondary N) is 2. The number of urea groups is 1. The SMILES string of the molecule is NNC(=O)c1ccc(CN(CC2CCOCC2)C(=O)Nc2ccccc2)cc1. The van der Waals surface area contributed by atoms with E-state index < -0.39 is 0 Å². The number of rotatable bonds is 6. The van der Waals surface area contributed by atoms with Gasteiger partial charge in [0.25, 0.3) is 5.91 Å². The van der Waals surface area contributed by atoms with Crippen molar-refractivity contribution in [2.45, 2.75) is 19.4 Å². The summed E-state index contributed by atoms with van der Waals surface area (Å²) in [7, 11) is 0. The van der Waals surface area contributed by atoms with Gasteiger partial charge in [-0.05, 0) is 48.6 Å². The molecule has 2 aromatic rings. The van der Waals surface area contributed by atoms with Crippen molar-refractivity contribution in [3.05, 3.63) is 65.7 Å². The maximum atomic E-state index is 12.9. The number of carbonyl (C=O) groups is 2. The third-order valence-corrected chi connectivity index (χ3v) is 4.85. The molecule has 0 radical (unpaired) electrons. The fourth-order valence-corrected chi connectivity index (χ4v) is 3.25. The molecule has 3 rings (SSSR count). The molecule has 0 aromatic heterocycles. The largest absolute Gasteiger partial charge is 0.381 e. The minimum Gasteiger partial charge on any atom is -0.381 e. The van der Waals surface area contributed by atoms with Gasteiger partial charge in [0.05, 0.1) is 0 Å². The first-order valence-electron chi connectivity index (χ1n) is 9.44. The van der Waals surface area contributed by atoms with E-state index in [1.54, 1.807) is 12.1 Å². The molecule has 0 aliphatic carbocycles. The van der Waals surface area contributed by atoms with Crippen LogP contribution in [0, 0.1) is 5.92 Å². The van der Waals surface area contributed by atoms with Crippen molar-refractivity contribution >= 4 is 17.6 Å². The highest BCUT2D eigenvalue weighted by molar-refractivity contribution is 5.93. The van der Waals surface area contributed by atoms with Crippen LogP contribution >= 0.6 is 0 Å². The lowest BCUT2D eigenvalue weighted by molar-refractivity contribution is 0.0564. The fraction of sp³-hybridized carbons (Fsp3) is 0.333. The zero-order valence-corrected chi connectivity index (χ0v) is 15.8. The lowest BCUT2D eigenvalue weighted by Crippen LogP contribution is -2.39. The molecule has 0 unspecified atom stereocenters. The van der Waals surface area contributed by atoms with E-state index >= 15 is 0 Å². The van der Waals surface area contributed by atoms with Crippen molar-refractivity contribution in [3.63, 3.8) is 0 Å². The molecule has 7 nitrogen and oxygen atoms in total. The third kappa shape index (κ3) is 5.55. The van der Waals surface area contributed by atoms with Crippen LogP contribution in [0.4, 0.5) is 10.5 Å². The molecule has 0 spiro atoms. The number of ether oxygens (including phenoxy) is 1. The summed E-state index contributed by atoms with van der Waals surface area (Å²) in [6.07, 6.45) is 1.90. The van der Waals surface area contributed by atoms with Crippen LogP contribution in [0.3, 0.4) is 0 Å². The number of nitrogen functional groups attached to an aromatic ring is 1. The van der Waals surface area contributed by atoms with Gasteiger partial charge in [-0.1, -0.05) is 30.3 Å². The lowest BCUT2D eigenvalue weighted by Gasteiger charge is -2.30. The van der Waals surface area contributed by atoms with Gasteiger partial charge >= 0.3 is 6.03 Å². The number of hydrazine groups is 1. The average Bonchev–Trinajstić information content (AvgIpc) is 2.74. The second-order valence-corrected chi connectivity index (χ2v) is 6.90.